The molecule has 0 aliphatic carbocycles. The largest absolute Gasteiger partial charge is 0.489 e. The zero-order chi connectivity index (χ0) is 23.0. The van der Waals surface area contributed by atoms with E-state index in [1.54, 1.807) is 17.8 Å². The molecular weight excluding hydrogens is 438 g/mol. The van der Waals surface area contributed by atoms with Crippen LogP contribution in [0.1, 0.15) is 17.0 Å². The molecular formula is C26H23NO5S. The monoisotopic (exact) mass is 461 g/mol. The van der Waals surface area contributed by atoms with Crippen molar-refractivity contribution in [1.82, 2.24) is 4.98 Å². The van der Waals surface area contributed by atoms with Crippen molar-refractivity contribution >= 4 is 17.7 Å². The van der Waals surface area contributed by atoms with E-state index in [9.17, 15) is 4.79 Å². The maximum atomic E-state index is 11.0. The second-order valence-electron chi connectivity index (χ2n) is 7.28. The zero-order valence-electron chi connectivity index (χ0n) is 18.1. The number of thioether (sulfide) groups is 1. The summed E-state index contributed by atoms with van der Waals surface area (Å²) in [5, 5.41) is 9.03. The fourth-order valence-electron chi connectivity index (χ4n) is 3.18. The number of hydrogen-bond acceptors (Lipinski definition) is 6. The molecule has 0 fully saturated rings. The van der Waals surface area contributed by atoms with Crippen LogP contribution < -0.4 is 9.47 Å². The number of oxazole rings is 1. The lowest BCUT2D eigenvalue weighted by atomic mass is 10.0. The predicted octanol–water partition coefficient (Wildman–Crippen LogP) is 5.98. The first-order chi connectivity index (χ1) is 16.1. The number of ether oxygens (including phenoxy) is 2. The van der Waals surface area contributed by atoms with Gasteiger partial charge in [0.1, 0.15) is 23.9 Å². The van der Waals surface area contributed by atoms with Crippen molar-refractivity contribution in [3.63, 3.8) is 0 Å². The topological polar surface area (TPSA) is 81.8 Å². The minimum atomic E-state index is -1.02. The van der Waals surface area contributed by atoms with Gasteiger partial charge in [0.25, 0.3) is 0 Å². The number of hydrogen-bond donors (Lipinski definition) is 1. The Morgan fingerprint density at radius 2 is 1.82 bits per heavy atom. The van der Waals surface area contributed by atoms with Gasteiger partial charge in [-0.1, -0.05) is 42.5 Å². The number of aryl methyl sites for hydroxylation is 1. The molecule has 33 heavy (non-hydrogen) atoms. The Morgan fingerprint density at radius 1 is 1.03 bits per heavy atom. The van der Waals surface area contributed by atoms with Crippen molar-refractivity contribution in [2.24, 2.45) is 0 Å². The molecule has 0 bridgehead atoms. The molecule has 0 atom stereocenters. The van der Waals surface area contributed by atoms with Gasteiger partial charge in [0, 0.05) is 16.2 Å². The maximum Gasteiger partial charge on any atom is 0.341 e. The summed E-state index contributed by atoms with van der Waals surface area (Å²) in [5.41, 5.74) is 3.71. The van der Waals surface area contributed by atoms with Crippen molar-refractivity contribution in [2.75, 3.05) is 6.61 Å². The first-order valence-electron chi connectivity index (χ1n) is 10.4. The molecule has 0 amide bonds. The molecule has 6 nitrogen and oxygen atoms in total. The van der Waals surface area contributed by atoms with Gasteiger partial charge in [0.2, 0.25) is 0 Å². The molecule has 4 aromatic rings. The summed E-state index contributed by atoms with van der Waals surface area (Å²) in [6.45, 7) is 1.97. The van der Waals surface area contributed by atoms with E-state index >= 15 is 0 Å². The van der Waals surface area contributed by atoms with Gasteiger partial charge in [-0.15, -0.1) is 11.8 Å². The molecule has 0 aliphatic rings. The fourth-order valence-corrected chi connectivity index (χ4v) is 4.13. The van der Waals surface area contributed by atoms with Gasteiger partial charge >= 0.3 is 5.97 Å². The smallest absolute Gasteiger partial charge is 0.341 e. The van der Waals surface area contributed by atoms with Crippen LogP contribution in [0.3, 0.4) is 0 Å². The Balaban J connectivity index is 1.52. The van der Waals surface area contributed by atoms with E-state index in [1.165, 1.54) is 6.39 Å². The molecule has 0 unspecified atom stereocenters. The number of nitrogens with zero attached hydrogens (tertiary/aromatic N) is 1. The minimum absolute atomic E-state index is 0.407. The third kappa shape index (κ3) is 6.17. The van der Waals surface area contributed by atoms with Crippen LogP contribution in [0.4, 0.5) is 0 Å². The lowest BCUT2D eigenvalue weighted by Crippen LogP contribution is -2.10. The molecule has 7 heteroatoms. The van der Waals surface area contributed by atoms with Crippen LogP contribution in [0.2, 0.25) is 0 Å². The lowest BCUT2D eigenvalue weighted by Gasteiger charge is -2.13. The van der Waals surface area contributed by atoms with Gasteiger partial charge in [-0.25, -0.2) is 9.78 Å². The second kappa shape index (κ2) is 10.7. The fraction of sp³-hybridized carbons (Fsp3) is 0.154. The normalized spacial score (nSPS) is 10.7. The van der Waals surface area contributed by atoms with E-state index in [2.05, 4.69) is 4.98 Å². The first-order valence-corrected chi connectivity index (χ1v) is 11.3. The van der Waals surface area contributed by atoms with Gasteiger partial charge in [-0.3, -0.25) is 0 Å². The van der Waals surface area contributed by atoms with Crippen LogP contribution in [-0.2, 0) is 17.2 Å². The average molecular weight is 462 g/mol. The quantitative estimate of drug-likeness (QED) is 0.291. The summed E-state index contributed by atoms with van der Waals surface area (Å²) in [4.78, 5) is 16.3. The van der Waals surface area contributed by atoms with Crippen LogP contribution in [0.5, 0.6) is 11.5 Å². The summed E-state index contributed by atoms with van der Waals surface area (Å²) in [6.07, 6.45) is 1.45. The minimum Gasteiger partial charge on any atom is -0.489 e. The van der Waals surface area contributed by atoms with E-state index in [4.69, 9.17) is 19.0 Å². The number of carboxylic acids is 1. The Bertz CT molecular complexity index is 1210. The van der Waals surface area contributed by atoms with Crippen molar-refractivity contribution in [1.29, 1.82) is 0 Å². The lowest BCUT2D eigenvalue weighted by molar-refractivity contribution is -0.139. The summed E-state index contributed by atoms with van der Waals surface area (Å²) < 4.78 is 16.7. The van der Waals surface area contributed by atoms with Crippen molar-refractivity contribution in [3.8, 4) is 22.6 Å². The summed E-state index contributed by atoms with van der Waals surface area (Å²) >= 11 is 1.62. The molecule has 4 rings (SSSR count). The third-order valence-electron chi connectivity index (χ3n) is 4.94. The number of rotatable bonds is 10. The Hall–Kier alpha value is -3.71. The Labute approximate surface area is 196 Å². The van der Waals surface area contributed by atoms with Crippen LogP contribution in [0.15, 0.2) is 88.5 Å². The highest BCUT2D eigenvalue weighted by Crippen LogP contribution is 2.36. The molecule has 0 saturated carbocycles. The second-order valence-corrected chi connectivity index (χ2v) is 8.33. The van der Waals surface area contributed by atoms with E-state index in [0.717, 1.165) is 38.8 Å². The standard InChI is InChI=1S/C26H23NO5S/c1-18-24(27-17-32-18)16-33-22-11-12-25(31-15-26(28)29)23(13-22)20-7-9-21(10-8-20)30-14-19-5-3-2-4-6-19/h2-13,17H,14-16H2,1H3,(H,28,29). The molecule has 0 spiro atoms. The van der Waals surface area contributed by atoms with Gasteiger partial charge in [0.15, 0.2) is 13.0 Å². The Morgan fingerprint density at radius 3 is 2.52 bits per heavy atom. The van der Waals surface area contributed by atoms with Crippen molar-refractivity contribution in [2.45, 2.75) is 24.2 Å². The highest BCUT2D eigenvalue weighted by Gasteiger charge is 2.12. The molecule has 0 saturated heterocycles. The highest BCUT2D eigenvalue weighted by molar-refractivity contribution is 7.98. The third-order valence-corrected chi connectivity index (χ3v) is 5.94. The molecule has 1 heterocycles. The van der Waals surface area contributed by atoms with Crippen LogP contribution >= 0.6 is 11.8 Å². The van der Waals surface area contributed by atoms with Crippen LogP contribution in [0.25, 0.3) is 11.1 Å². The maximum absolute atomic E-state index is 11.0. The number of benzene rings is 3. The van der Waals surface area contributed by atoms with E-state index in [1.807, 2.05) is 73.7 Å². The van der Waals surface area contributed by atoms with Crippen LogP contribution in [0, 0.1) is 6.92 Å². The number of carbonyl (C=O) groups is 1. The van der Waals surface area contributed by atoms with Gasteiger partial charge in [-0.2, -0.15) is 0 Å². The Kier molecular flexibility index (Phi) is 7.32. The molecule has 168 valence electrons. The SMILES string of the molecule is Cc1ocnc1CSc1ccc(OCC(=O)O)c(-c2ccc(OCc3ccccc3)cc2)c1. The van der Waals surface area contributed by atoms with Crippen LogP contribution in [-0.4, -0.2) is 22.7 Å². The van der Waals surface area contributed by atoms with E-state index < -0.39 is 12.6 Å². The summed E-state index contributed by atoms with van der Waals surface area (Å²) in [5.74, 6) is 1.71. The summed E-state index contributed by atoms with van der Waals surface area (Å²) in [6, 6.07) is 23.4. The van der Waals surface area contributed by atoms with Gasteiger partial charge < -0.3 is 19.0 Å². The van der Waals surface area contributed by atoms with Gasteiger partial charge in [0.05, 0.1) is 5.69 Å². The highest BCUT2D eigenvalue weighted by atomic mass is 32.2. The predicted molar refractivity (Wildman–Crippen MR) is 127 cm³/mol. The number of aliphatic carboxylic acids is 1. The molecule has 3 aromatic carbocycles. The molecule has 0 aliphatic heterocycles. The average Bonchev–Trinajstić information content (AvgIpc) is 3.26. The number of carboxylic acid groups (broad SMARTS) is 1. The van der Waals surface area contributed by atoms with Crippen molar-refractivity contribution in [3.05, 3.63) is 96.2 Å². The molecule has 0 radical (unpaired) electrons. The first kappa shape index (κ1) is 22.5. The van der Waals surface area contributed by atoms with E-state index in [-0.39, 0.29) is 0 Å². The summed E-state index contributed by atoms with van der Waals surface area (Å²) in [7, 11) is 0. The van der Waals surface area contributed by atoms with Gasteiger partial charge in [-0.05, 0) is 48.4 Å². The van der Waals surface area contributed by atoms with Crippen molar-refractivity contribution < 1.29 is 23.8 Å². The zero-order valence-corrected chi connectivity index (χ0v) is 18.9. The molecule has 1 aromatic heterocycles. The van der Waals surface area contributed by atoms with E-state index in [0.29, 0.717) is 18.1 Å². The molecule has 1 N–H and O–H groups in total. The number of aromatic nitrogens is 1.